The average Bonchev–Trinajstić information content (AvgIpc) is 3.71. The Balaban J connectivity index is 1.36. The summed E-state index contributed by atoms with van der Waals surface area (Å²) in [6, 6.07) is 38.9. The van der Waals surface area contributed by atoms with Crippen molar-refractivity contribution in [1.82, 2.24) is 4.57 Å². The van der Waals surface area contributed by atoms with Gasteiger partial charge in [-0.25, -0.2) is 0 Å². The van der Waals surface area contributed by atoms with Gasteiger partial charge in [0.2, 0.25) is 0 Å². The molecule has 1 aromatic heterocycles. The third-order valence-electron chi connectivity index (χ3n) is 11.4. The minimum atomic E-state index is 0.116. The molecule has 1 aliphatic rings. The van der Waals surface area contributed by atoms with Gasteiger partial charge in [0.1, 0.15) is 0 Å². The zero-order valence-corrected chi connectivity index (χ0v) is 33.0. The summed E-state index contributed by atoms with van der Waals surface area (Å²) < 4.78 is 2.41. The molecule has 56 heavy (non-hydrogen) atoms. The molecular weight excluding hydrogens is 677 g/mol. The summed E-state index contributed by atoms with van der Waals surface area (Å²) in [6.45, 7) is 19.9. The van der Waals surface area contributed by atoms with Crippen LogP contribution in [0.2, 0.25) is 0 Å². The maximum absolute atomic E-state index is 6.86. The summed E-state index contributed by atoms with van der Waals surface area (Å²) in [4.78, 5) is 0. The van der Waals surface area contributed by atoms with Crippen LogP contribution in [0.25, 0.3) is 56.4 Å². The van der Waals surface area contributed by atoms with Gasteiger partial charge in [-0.1, -0.05) is 197 Å². The number of hydrogen-bond acceptors (Lipinski definition) is 1. The molecule has 2 nitrogen and oxygen atoms in total. The SMILES string of the molecule is C=C/C=C\C(=C/C/C(=C/C=C\C)C1CC(C)(C)c2ccccc21)c1cccc2c3c(C=C)c(C=C)ccc3n(C/C=C(\N)c3ccc(-c4ccccc4)cc3)c12. The molecule has 1 heterocycles. The predicted molar refractivity (Wildman–Crippen MR) is 245 cm³/mol. The fraction of sp³-hybridized carbons (Fsp3) is 0.148. The van der Waals surface area contributed by atoms with Crippen molar-refractivity contribution in [2.75, 3.05) is 0 Å². The fourth-order valence-electron chi connectivity index (χ4n) is 8.59. The molecule has 5 aromatic carbocycles. The summed E-state index contributed by atoms with van der Waals surface area (Å²) in [6.07, 6.45) is 23.1. The zero-order valence-electron chi connectivity index (χ0n) is 33.0. The molecule has 0 spiro atoms. The van der Waals surface area contributed by atoms with E-state index in [1.165, 1.54) is 38.6 Å². The number of nitrogens with two attached hydrogens (primary N) is 1. The minimum Gasteiger partial charge on any atom is -0.398 e. The van der Waals surface area contributed by atoms with Gasteiger partial charge in [-0.05, 0) is 81.8 Å². The smallest absolute Gasteiger partial charge is 0.0574 e. The van der Waals surface area contributed by atoms with E-state index in [0.717, 1.165) is 57.4 Å². The second-order valence-corrected chi connectivity index (χ2v) is 15.2. The van der Waals surface area contributed by atoms with E-state index in [0.29, 0.717) is 12.5 Å². The van der Waals surface area contributed by atoms with Gasteiger partial charge in [0, 0.05) is 34.5 Å². The normalized spacial score (nSPS) is 15.9. The molecule has 0 amide bonds. The van der Waals surface area contributed by atoms with Gasteiger partial charge in [-0.2, -0.15) is 0 Å². The van der Waals surface area contributed by atoms with Gasteiger partial charge in [0.15, 0.2) is 0 Å². The summed E-state index contributed by atoms with van der Waals surface area (Å²) in [5.74, 6) is 0.350. The molecule has 278 valence electrons. The number of nitrogens with zero attached hydrogens (tertiary/aromatic N) is 1. The third kappa shape index (κ3) is 7.36. The Kier molecular flexibility index (Phi) is 11.2. The van der Waals surface area contributed by atoms with E-state index < -0.39 is 0 Å². The molecule has 1 aliphatic carbocycles. The highest BCUT2D eigenvalue weighted by Crippen LogP contribution is 2.50. The van der Waals surface area contributed by atoms with E-state index >= 15 is 0 Å². The number of allylic oxidation sites excluding steroid dienone is 10. The van der Waals surface area contributed by atoms with Crippen molar-refractivity contribution in [2.45, 2.75) is 51.5 Å². The van der Waals surface area contributed by atoms with Gasteiger partial charge in [-0.3, -0.25) is 0 Å². The number of rotatable bonds is 13. The molecule has 7 rings (SSSR count). The lowest BCUT2D eigenvalue weighted by molar-refractivity contribution is 0.494. The molecule has 0 radical (unpaired) electrons. The minimum absolute atomic E-state index is 0.116. The molecule has 1 unspecified atom stereocenters. The first-order valence-electron chi connectivity index (χ1n) is 19.6. The van der Waals surface area contributed by atoms with Crippen molar-refractivity contribution in [1.29, 1.82) is 0 Å². The molecule has 0 fully saturated rings. The molecule has 0 saturated heterocycles. The Bertz CT molecular complexity index is 2580. The lowest BCUT2D eigenvalue weighted by Crippen LogP contribution is -2.12. The summed E-state index contributed by atoms with van der Waals surface area (Å²) in [5.41, 5.74) is 22.1. The highest BCUT2D eigenvalue weighted by molar-refractivity contribution is 6.15. The van der Waals surface area contributed by atoms with Crippen LogP contribution in [-0.4, -0.2) is 4.57 Å². The second-order valence-electron chi connectivity index (χ2n) is 15.2. The van der Waals surface area contributed by atoms with Crippen molar-refractivity contribution < 1.29 is 0 Å². The highest BCUT2D eigenvalue weighted by atomic mass is 15.0. The van der Waals surface area contributed by atoms with Crippen LogP contribution in [0.5, 0.6) is 0 Å². The maximum Gasteiger partial charge on any atom is 0.0574 e. The maximum atomic E-state index is 6.86. The van der Waals surface area contributed by atoms with E-state index in [4.69, 9.17) is 5.73 Å². The van der Waals surface area contributed by atoms with E-state index in [9.17, 15) is 0 Å². The monoisotopic (exact) mass is 728 g/mol. The van der Waals surface area contributed by atoms with E-state index in [1.807, 2.05) is 30.4 Å². The molecule has 2 N–H and O–H groups in total. The molecule has 0 bridgehead atoms. The number of aromatic nitrogens is 1. The first-order valence-corrected chi connectivity index (χ1v) is 19.6. The molecule has 6 aromatic rings. The van der Waals surface area contributed by atoms with Gasteiger partial charge in [-0.15, -0.1) is 0 Å². The Morgan fingerprint density at radius 1 is 0.804 bits per heavy atom. The first kappa shape index (κ1) is 37.9. The number of hydrogen-bond donors (Lipinski definition) is 1. The zero-order chi connectivity index (χ0) is 39.2. The largest absolute Gasteiger partial charge is 0.398 e. The molecular formula is C54H52N2. The second kappa shape index (κ2) is 16.6. The molecule has 2 heteroatoms. The highest BCUT2D eigenvalue weighted by Gasteiger charge is 2.37. The third-order valence-corrected chi connectivity index (χ3v) is 11.4. The number of para-hydroxylation sites is 1. The molecule has 1 atom stereocenters. The lowest BCUT2D eigenvalue weighted by atomic mass is 9.84. The van der Waals surface area contributed by atoms with Gasteiger partial charge >= 0.3 is 0 Å². The standard InChI is InChI=1S/C54H52N2/c1-7-11-19-41(29-30-42(20-12-8-2)48-37-54(5,6)49-26-17-16-23-46(48)49)45-24-18-25-47-52-44(10-4)38(9-3)33-34-51(52)56(53(45)47)36-35-50(55)43-31-27-40(28-32-43)39-21-14-13-15-22-39/h7-29,31-35,48H,1,3-4,30,36-37,55H2,2,5-6H3/b12-8-,19-11-,41-29+,42-20-,50-35-. The van der Waals surface area contributed by atoms with Crippen LogP contribution in [-0.2, 0) is 12.0 Å². The van der Waals surface area contributed by atoms with Crippen molar-refractivity contribution in [3.05, 3.63) is 216 Å². The van der Waals surface area contributed by atoms with Crippen molar-refractivity contribution in [3.63, 3.8) is 0 Å². The van der Waals surface area contributed by atoms with E-state index in [-0.39, 0.29) is 5.41 Å². The number of benzene rings is 5. The van der Waals surface area contributed by atoms with Crippen LogP contribution < -0.4 is 5.73 Å². The van der Waals surface area contributed by atoms with Crippen LogP contribution in [0.15, 0.2) is 183 Å². The van der Waals surface area contributed by atoms with Crippen LogP contribution in [0.1, 0.15) is 72.9 Å². The first-order chi connectivity index (χ1) is 27.3. The number of fused-ring (bicyclic) bond motifs is 4. The fourth-order valence-corrected chi connectivity index (χ4v) is 8.59. The summed E-state index contributed by atoms with van der Waals surface area (Å²) >= 11 is 0. The lowest BCUT2D eigenvalue weighted by Gasteiger charge is -2.20. The van der Waals surface area contributed by atoms with Gasteiger partial charge in [0.25, 0.3) is 0 Å². The predicted octanol–water partition coefficient (Wildman–Crippen LogP) is 14.2. The van der Waals surface area contributed by atoms with Crippen LogP contribution in [0, 0.1) is 0 Å². The Morgan fingerprint density at radius 2 is 1.55 bits per heavy atom. The van der Waals surface area contributed by atoms with Crippen LogP contribution in [0.4, 0.5) is 0 Å². The van der Waals surface area contributed by atoms with Crippen molar-refractivity contribution >= 4 is 45.2 Å². The summed E-state index contributed by atoms with van der Waals surface area (Å²) in [7, 11) is 0. The Morgan fingerprint density at radius 3 is 2.29 bits per heavy atom. The van der Waals surface area contributed by atoms with E-state index in [1.54, 1.807) is 0 Å². The van der Waals surface area contributed by atoms with E-state index in [2.05, 4.69) is 185 Å². The molecule has 0 aliphatic heterocycles. The Hall–Kier alpha value is -6.38. The van der Waals surface area contributed by atoms with Crippen molar-refractivity contribution in [3.8, 4) is 11.1 Å². The van der Waals surface area contributed by atoms with Gasteiger partial charge < -0.3 is 10.3 Å². The summed E-state index contributed by atoms with van der Waals surface area (Å²) in [5, 5.41) is 2.34. The average molecular weight is 729 g/mol. The molecule has 0 saturated carbocycles. The van der Waals surface area contributed by atoms with Crippen LogP contribution >= 0.6 is 0 Å². The topological polar surface area (TPSA) is 30.9 Å². The Labute approximate surface area is 333 Å². The van der Waals surface area contributed by atoms with Gasteiger partial charge in [0.05, 0.1) is 11.0 Å². The quantitative estimate of drug-likeness (QED) is 0.118. The van der Waals surface area contributed by atoms with Crippen molar-refractivity contribution in [2.24, 2.45) is 5.73 Å². The van der Waals surface area contributed by atoms with Crippen LogP contribution in [0.3, 0.4) is 0 Å².